The fraction of sp³-hybridized carbons (Fsp3) is 0.0952. The lowest BCUT2D eigenvalue weighted by molar-refractivity contribution is 0.0956. The number of carbonyl (C=O) groups is 1. The summed E-state index contributed by atoms with van der Waals surface area (Å²) in [5, 5.41) is 0. The van der Waals surface area contributed by atoms with Crippen LogP contribution in [-0.4, -0.2) is 14.2 Å². The third-order valence-corrected chi connectivity index (χ3v) is 6.88. The summed E-state index contributed by atoms with van der Waals surface area (Å²) in [6.45, 7) is 0. The second-order valence-corrected chi connectivity index (χ2v) is 9.05. The van der Waals surface area contributed by atoms with Gasteiger partial charge in [-0.15, -0.1) is 0 Å². The van der Waals surface area contributed by atoms with Gasteiger partial charge in [-0.2, -0.15) is 4.72 Å². The van der Waals surface area contributed by atoms with Gasteiger partial charge in [-0.3, -0.25) is 4.79 Å². The molecule has 0 amide bonds. The quantitative estimate of drug-likeness (QED) is 0.615. The molecule has 0 bridgehead atoms. The molecule has 6 heteroatoms. The monoisotopic (exact) mass is 441 g/mol. The van der Waals surface area contributed by atoms with Crippen molar-refractivity contribution in [2.45, 2.75) is 16.9 Å². The molecule has 1 aliphatic rings. The maximum absolute atomic E-state index is 13.1. The Balaban J connectivity index is 1.87. The molecule has 0 saturated heterocycles. The Morgan fingerprint density at radius 2 is 1.52 bits per heavy atom. The average molecular weight is 442 g/mol. The summed E-state index contributed by atoms with van der Waals surface area (Å²) in [5.74, 6) is -0.134. The first-order valence-electron chi connectivity index (χ1n) is 8.40. The number of hydrogen-bond acceptors (Lipinski definition) is 3. The zero-order valence-electron chi connectivity index (χ0n) is 14.2. The Bertz CT molecular complexity index is 1110. The van der Waals surface area contributed by atoms with E-state index in [1.165, 1.54) is 0 Å². The highest BCUT2D eigenvalue weighted by Gasteiger charge is 2.48. The van der Waals surface area contributed by atoms with Crippen LogP contribution in [0.1, 0.15) is 27.9 Å². The molecule has 27 heavy (non-hydrogen) atoms. The van der Waals surface area contributed by atoms with E-state index in [1.54, 1.807) is 48.5 Å². The van der Waals surface area contributed by atoms with Crippen LogP contribution in [0.5, 0.6) is 0 Å². The molecule has 136 valence electrons. The number of ketones is 1. The van der Waals surface area contributed by atoms with Gasteiger partial charge in [0.15, 0.2) is 5.78 Å². The maximum atomic E-state index is 13.1. The Kier molecular flexibility index (Phi) is 4.50. The SMILES string of the molecule is O=C(C[C@@]1(c2ccccc2)NS(=O)(=O)c2ccccc21)c1ccc(Br)cc1. The predicted molar refractivity (Wildman–Crippen MR) is 107 cm³/mol. The Morgan fingerprint density at radius 1 is 0.889 bits per heavy atom. The Labute approximate surface area is 166 Å². The predicted octanol–water partition coefficient (Wildman–Crippen LogP) is 4.26. The number of nitrogens with one attached hydrogen (secondary N) is 1. The van der Waals surface area contributed by atoms with Crippen LogP contribution in [0.4, 0.5) is 0 Å². The lowest BCUT2D eigenvalue weighted by atomic mass is 9.79. The van der Waals surface area contributed by atoms with Gasteiger partial charge in [0.05, 0.1) is 10.4 Å². The van der Waals surface area contributed by atoms with E-state index >= 15 is 0 Å². The Hall–Kier alpha value is -2.28. The highest BCUT2D eigenvalue weighted by Crippen LogP contribution is 2.43. The second kappa shape index (κ2) is 6.71. The number of Topliss-reactive ketones (excluding diaryl/α,β-unsaturated/α-hetero) is 1. The number of halogens is 1. The number of sulfonamides is 1. The molecule has 0 unspecified atom stereocenters. The summed E-state index contributed by atoms with van der Waals surface area (Å²) < 4.78 is 29.2. The van der Waals surface area contributed by atoms with E-state index in [9.17, 15) is 13.2 Å². The number of fused-ring (bicyclic) bond motifs is 1. The highest BCUT2D eigenvalue weighted by atomic mass is 79.9. The van der Waals surface area contributed by atoms with Crippen molar-refractivity contribution in [1.29, 1.82) is 0 Å². The number of rotatable bonds is 4. The van der Waals surface area contributed by atoms with Crippen molar-refractivity contribution < 1.29 is 13.2 Å². The van der Waals surface area contributed by atoms with E-state index in [-0.39, 0.29) is 17.1 Å². The average Bonchev–Trinajstić information content (AvgIpc) is 2.91. The van der Waals surface area contributed by atoms with Crippen molar-refractivity contribution >= 4 is 31.7 Å². The molecule has 0 saturated carbocycles. The van der Waals surface area contributed by atoms with Crippen molar-refractivity contribution in [2.75, 3.05) is 0 Å². The molecule has 1 aliphatic heterocycles. The number of benzene rings is 3. The molecule has 4 nitrogen and oxygen atoms in total. The van der Waals surface area contributed by atoms with Crippen LogP contribution < -0.4 is 4.72 Å². The van der Waals surface area contributed by atoms with Gasteiger partial charge in [0.1, 0.15) is 0 Å². The van der Waals surface area contributed by atoms with Crippen molar-refractivity contribution in [3.8, 4) is 0 Å². The van der Waals surface area contributed by atoms with Gasteiger partial charge in [0.25, 0.3) is 0 Å². The summed E-state index contributed by atoms with van der Waals surface area (Å²) in [7, 11) is -3.71. The molecule has 1 atom stereocenters. The summed E-state index contributed by atoms with van der Waals surface area (Å²) in [4.78, 5) is 13.3. The van der Waals surface area contributed by atoms with E-state index in [4.69, 9.17) is 0 Å². The van der Waals surface area contributed by atoms with Crippen molar-refractivity contribution in [3.05, 3.63) is 100 Å². The summed E-state index contributed by atoms with van der Waals surface area (Å²) in [6, 6.07) is 23.2. The van der Waals surface area contributed by atoms with E-state index < -0.39 is 15.6 Å². The van der Waals surface area contributed by atoms with Crippen LogP contribution in [0.25, 0.3) is 0 Å². The minimum absolute atomic E-state index is 0.00507. The molecule has 1 heterocycles. The zero-order valence-corrected chi connectivity index (χ0v) is 16.6. The molecule has 3 aromatic carbocycles. The van der Waals surface area contributed by atoms with Crippen LogP contribution in [0.2, 0.25) is 0 Å². The van der Waals surface area contributed by atoms with Gasteiger partial charge in [0.2, 0.25) is 10.0 Å². The van der Waals surface area contributed by atoms with E-state index in [0.717, 1.165) is 10.0 Å². The lowest BCUT2D eigenvalue weighted by Gasteiger charge is -2.29. The zero-order chi connectivity index (χ0) is 19.1. The minimum atomic E-state index is -3.71. The van der Waals surface area contributed by atoms with Crippen LogP contribution in [-0.2, 0) is 15.6 Å². The number of hydrogen-bond donors (Lipinski definition) is 1. The van der Waals surface area contributed by atoms with Gasteiger partial charge in [-0.25, -0.2) is 8.42 Å². The fourth-order valence-corrected chi connectivity index (χ4v) is 5.46. The summed E-state index contributed by atoms with van der Waals surface area (Å²) in [5.41, 5.74) is 0.753. The first kappa shape index (κ1) is 18.1. The molecule has 1 N–H and O–H groups in total. The first-order chi connectivity index (χ1) is 12.9. The molecule has 0 spiro atoms. The van der Waals surface area contributed by atoms with Gasteiger partial charge in [0, 0.05) is 16.5 Å². The fourth-order valence-electron chi connectivity index (χ4n) is 3.54. The molecule has 0 aliphatic carbocycles. The van der Waals surface area contributed by atoms with E-state index in [0.29, 0.717) is 11.1 Å². The van der Waals surface area contributed by atoms with Crippen molar-refractivity contribution in [2.24, 2.45) is 0 Å². The highest BCUT2D eigenvalue weighted by molar-refractivity contribution is 9.10. The molecule has 3 aromatic rings. The van der Waals surface area contributed by atoms with Gasteiger partial charge >= 0.3 is 0 Å². The molecule has 4 rings (SSSR count). The Morgan fingerprint density at radius 3 is 2.22 bits per heavy atom. The van der Waals surface area contributed by atoms with Gasteiger partial charge in [-0.05, 0) is 29.3 Å². The molecule has 0 aromatic heterocycles. The first-order valence-corrected chi connectivity index (χ1v) is 10.7. The van der Waals surface area contributed by atoms with E-state index in [2.05, 4.69) is 20.7 Å². The molecular formula is C21H16BrNO3S. The van der Waals surface area contributed by atoms with Crippen molar-refractivity contribution in [3.63, 3.8) is 0 Å². The minimum Gasteiger partial charge on any atom is -0.294 e. The topological polar surface area (TPSA) is 63.2 Å². The normalized spacial score (nSPS) is 20.2. The third-order valence-electron chi connectivity index (χ3n) is 4.80. The van der Waals surface area contributed by atoms with Gasteiger partial charge < -0.3 is 0 Å². The molecule has 0 fully saturated rings. The van der Waals surface area contributed by atoms with Crippen LogP contribution in [0.3, 0.4) is 0 Å². The van der Waals surface area contributed by atoms with Gasteiger partial charge in [-0.1, -0.05) is 76.6 Å². The second-order valence-electron chi connectivity index (χ2n) is 6.48. The third kappa shape index (κ3) is 3.14. The van der Waals surface area contributed by atoms with Crippen LogP contribution in [0.15, 0.2) is 88.2 Å². The largest absolute Gasteiger partial charge is 0.294 e. The standard InChI is InChI=1S/C21H16BrNO3S/c22-17-12-10-15(11-13-17)19(24)14-21(16-6-2-1-3-7-16)18-8-4-5-9-20(18)27(25,26)23-21/h1-13,23H,14H2/t21-/m0/s1. The van der Waals surface area contributed by atoms with Crippen LogP contribution >= 0.6 is 15.9 Å². The van der Waals surface area contributed by atoms with E-state index in [1.807, 2.05) is 30.3 Å². The number of carbonyl (C=O) groups excluding carboxylic acids is 1. The van der Waals surface area contributed by atoms with Crippen molar-refractivity contribution in [1.82, 2.24) is 4.72 Å². The smallest absolute Gasteiger partial charge is 0.242 e. The molecular weight excluding hydrogens is 426 g/mol. The summed E-state index contributed by atoms with van der Waals surface area (Å²) in [6.07, 6.45) is -0.00507. The summed E-state index contributed by atoms with van der Waals surface area (Å²) >= 11 is 3.36. The maximum Gasteiger partial charge on any atom is 0.242 e. The lowest BCUT2D eigenvalue weighted by Crippen LogP contribution is -2.42. The molecule has 0 radical (unpaired) electrons. The van der Waals surface area contributed by atoms with Crippen LogP contribution in [0, 0.1) is 0 Å².